The summed E-state index contributed by atoms with van der Waals surface area (Å²) in [5.41, 5.74) is 5.75. The van der Waals surface area contributed by atoms with Crippen molar-refractivity contribution in [3.8, 4) is 0 Å². The number of nitrogens with one attached hydrogen (secondary N) is 1. The Morgan fingerprint density at radius 2 is 1.61 bits per heavy atom. The highest BCUT2D eigenvalue weighted by Gasteiger charge is 2.34. The molecule has 0 radical (unpaired) electrons. The Labute approximate surface area is 224 Å². The van der Waals surface area contributed by atoms with Crippen molar-refractivity contribution in [1.82, 2.24) is 9.80 Å². The molecule has 3 amide bonds. The first-order chi connectivity index (χ1) is 18.4. The second-order valence-electron chi connectivity index (χ2n) is 10.3. The molecule has 7 nitrogen and oxygen atoms in total. The van der Waals surface area contributed by atoms with E-state index in [0.29, 0.717) is 37.4 Å². The lowest BCUT2D eigenvalue weighted by Crippen LogP contribution is -2.48. The number of carbonyl (C=O) groups excluding carboxylic acids is 3. The van der Waals surface area contributed by atoms with E-state index in [0.717, 1.165) is 18.7 Å². The summed E-state index contributed by atoms with van der Waals surface area (Å²) in [6.45, 7) is 7.85. The Morgan fingerprint density at radius 1 is 0.868 bits per heavy atom. The minimum absolute atomic E-state index is 0.0144. The summed E-state index contributed by atoms with van der Waals surface area (Å²) in [6.07, 6.45) is 0.196. The molecule has 1 unspecified atom stereocenters. The fourth-order valence-corrected chi connectivity index (χ4v) is 5.16. The molecule has 2 saturated heterocycles. The van der Waals surface area contributed by atoms with Crippen LogP contribution in [0.1, 0.15) is 33.5 Å². The van der Waals surface area contributed by atoms with Crippen molar-refractivity contribution in [2.45, 2.75) is 26.8 Å². The van der Waals surface area contributed by atoms with Gasteiger partial charge >= 0.3 is 0 Å². The van der Waals surface area contributed by atoms with Gasteiger partial charge in [0.15, 0.2) is 0 Å². The molecule has 5 rings (SSSR count). The number of carbonyl (C=O) groups is 3. The van der Waals surface area contributed by atoms with Crippen LogP contribution in [0.3, 0.4) is 0 Å². The number of hydrogen-bond donors (Lipinski definition) is 1. The normalized spacial score (nSPS) is 17.6. The van der Waals surface area contributed by atoms with Crippen molar-refractivity contribution >= 4 is 29.1 Å². The Kier molecular flexibility index (Phi) is 7.45. The first-order valence-corrected chi connectivity index (χ1v) is 13.2. The second kappa shape index (κ2) is 11.1. The van der Waals surface area contributed by atoms with E-state index in [2.05, 4.69) is 41.4 Å². The zero-order valence-electron chi connectivity index (χ0n) is 22.0. The van der Waals surface area contributed by atoms with Crippen LogP contribution in [-0.2, 0) is 16.1 Å². The van der Waals surface area contributed by atoms with Crippen molar-refractivity contribution in [2.24, 2.45) is 5.92 Å². The third kappa shape index (κ3) is 5.88. The van der Waals surface area contributed by atoms with Crippen molar-refractivity contribution in [3.05, 3.63) is 95.1 Å². The SMILES string of the molecule is Cc1ccc(CN2CC(C(=O)Nc3cccc(C(=O)N4CCN(c5cccc(C)c5)CC4)c3)CC2=O)cc1. The molecule has 3 aromatic rings. The van der Waals surface area contributed by atoms with E-state index in [1.54, 1.807) is 29.2 Å². The zero-order chi connectivity index (χ0) is 26.6. The van der Waals surface area contributed by atoms with Crippen LogP contribution in [0, 0.1) is 19.8 Å². The third-order valence-electron chi connectivity index (χ3n) is 7.39. The number of amides is 3. The molecule has 1 N–H and O–H groups in total. The molecular weight excluding hydrogens is 476 g/mol. The first kappa shape index (κ1) is 25.5. The van der Waals surface area contributed by atoms with Crippen molar-refractivity contribution < 1.29 is 14.4 Å². The Morgan fingerprint density at radius 3 is 2.34 bits per heavy atom. The standard InChI is InChI=1S/C31H34N4O3/c1-22-9-11-24(12-10-22)20-35-21-26(19-29(35)36)30(37)32-27-7-4-6-25(18-27)31(38)34-15-13-33(14-16-34)28-8-3-5-23(2)17-28/h3-12,17-18,26H,13-16,19-21H2,1-2H3,(H,32,37). The maximum absolute atomic E-state index is 13.2. The predicted molar refractivity (Wildman–Crippen MR) is 149 cm³/mol. The van der Waals surface area contributed by atoms with Crippen LogP contribution in [0.5, 0.6) is 0 Å². The molecule has 3 aromatic carbocycles. The lowest BCUT2D eigenvalue weighted by atomic mass is 10.1. The minimum atomic E-state index is -0.415. The topological polar surface area (TPSA) is 73.0 Å². The molecule has 0 bridgehead atoms. The Balaban J connectivity index is 1.16. The summed E-state index contributed by atoms with van der Waals surface area (Å²) in [4.78, 5) is 44.7. The van der Waals surface area contributed by atoms with Crippen molar-refractivity contribution in [3.63, 3.8) is 0 Å². The van der Waals surface area contributed by atoms with Crippen LogP contribution in [0.2, 0.25) is 0 Å². The van der Waals surface area contributed by atoms with E-state index < -0.39 is 5.92 Å². The van der Waals surface area contributed by atoms with Crippen LogP contribution >= 0.6 is 0 Å². The molecular formula is C31H34N4O3. The van der Waals surface area contributed by atoms with Crippen LogP contribution < -0.4 is 10.2 Å². The van der Waals surface area contributed by atoms with E-state index >= 15 is 0 Å². The van der Waals surface area contributed by atoms with Gasteiger partial charge in [-0.25, -0.2) is 0 Å². The fraction of sp³-hybridized carbons (Fsp3) is 0.323. The molecule has 196 valence electrons. The van der Waals surface area contributed by atoms with Gasteiger partial charge in [-0.1, -0.05) is 48.0 Å². The summed E-state index contributed by atoms with van der Waals surface area (Å²) < 4.78 is 0. The molecule has 2 heterocycles. The third-order valence-corrected chi connectivity index (χ3v) is 7.39. The average molecular weight is 511 g/mol. The summed E-state index contributed by atoms with van der Waals surface area (Å²) in [5.74, 6) is -0.659. The monoisotopic (exact) mass is 510 g/mol. The van der Waals surface area contributed by atoms with Gasteiger partial charge in [-0.05, 0) is 55.3 Å². The summed E-state index contributed by atoms with van der Waals surface area (Å²) in [5, 5.41) is 2.93. The van der Waals surface area contributed by atoms with Gasteiger partial charge in [0.25, 0.3) is 5.91 Å². The molecule has 0 spiro atoms. The quantitative estimate of drug-likeness (QED) is 0.538. The number of hydrogen-bond acceptors (Lipinski definition) is 4. The highest BCUT2D eigenvalue weighted by atomic mass is 16.2. The largest absolute Gasteiger partial charge is 0.368 e. The number of nitrogens with zero attached hydrogens (tertiary/aromatic N) is 3. The highest BCUT2D eigenvalue weighted by Crippen LogP contribution is 2.23. The lowest BCUT2D eigenvalue weighted by Gasteiger charge is -2.36. The smallest absolute Gasteiger partial charge is 0.254 e. The number of benzene rings is 3. The lowest BCUT2D eigenvalue weighted by molar-refractivity contribution is -0.128. The van der Waals surface area contributed by atoms with Gasteiger partial charge in [0, 0.05) is 62.6 Å². The summed E-state index contributed by atoms with van der Waals surface area (Å²) in [6, 6.07) is 23.6. The number of rotatable bonds is 6. The molecule has 0 saturated carbocycles. The van der Waals surface area contributed by atoms with Gasteiger partial charge in [0.05, 0.1) is 5.92 Å². The second-order valence-corrected chi connectivity index (χ2v) is 10.3. The summed E-state index contributed by atoms with van der Waals surface area (Å²) in [7, 11) is 0. The van der Waals surface area contributed by atoms with Crippen molar-refractivity contribution in [2.75, 3.05) is 42.9 Å². The molecule has 0 aliphatic carbocycles. The van der Waals surface area contributed by atoms with Crippen LogP contribution in [-0.4, -0.2) is 60.2 Å². The maximum atomic E-state index is 13.2. The first-order valence-electron chi connectivity index (χ1n) is 13.2. The molecule has 2 aliphatic rings. The maximum Gasteiger partial charge on any atom is 0.254 e. The average Bonchev–Trinajstić information content (AvgIpc) is 3.30. The van der Waals surface area contributed by atoms with Gasteiger partial charge < -0.3 is 20.0 Å². The van der Waals surface area contributed by atoms with Crippen LogP contribution in [0.15, 0.2) is 72.8 Å². The van der Waals surface area contributed by atoms with E-state index in [1.807, 2.05) is 36.1 Å². The van der Waals surface area contributed by atoms with E-state index in [9.17, 15) is 14.4 Å². The van der Waals surface area contributed by atoms with Crippen molar-refractivity contribution in [1.29, 1.82) is 0 Å². The van der Waals surface area contributed by atoms with E-state index in [1.165, 1.54) is 16.8 Å². The molecule has 1 atom stereocenters. The van der Waals surface area contributed by atoms with E-state index in [4.69, 9.17) is 0 Å². The number of likely N-dealkylation sites (tertiary alicyclic amines) is 1. The highest BCUT2D eigenvalue weighted by molar-refractivity contribution is 5.99. The van der Waals surface area contributed by atoms with E-state index in [-0.39, 0.29) is 24.1 Å². The molecule has 2 fully saturated rings. The summed E-state index contributed by atoms with van der Waals surface area (Å²) >= 11 is 0. The molecule has 2 aliphatic heterocycles. The Hall–Kier alpha value is -4.13. The van der Waals surface area contributed by atoms with Gasteiger partial charge in [-0.3, -0.25) is 14.4 Å². The number of aryl methyl sites for hydroxylation is 2. The zero-order valence-corrected chi connectivity index (χ0v) is 22.0. The fourth-order valence-electron chi connectivity index (χ4n) is 5.16. The molecule has 38 heavy (non-hydrogen) atoms. The van der Waals surface area contributed by atoms with Crippen LogP contribution in [0.25, 0.3) is 0 Å². The van der Waals surface area contributed by atoms with Gasteiger partial charge in [-0.15, -0.1) is 0 Å². The van der Waals surface area contributed by atoms with Gasteiger partial charge in [0.1, 0.15) is 0 Å². The number of anilines is 2. The van der Waals surface area contributed by atoms with Gasteiger partial charge in [0.2, 0.25) is 11.8 Å². The minimum Gasteiger partial charge on any atom is -0.368 e. The van der Waals surface area contributed by atoms with Crippen LogP contribution in [0.4, 0.5) is 11.4 Å². The molecule has 0 aromatic heterocycles. The number of piperazine rings is 1. The molecule has 7 heteroatoms. The Bertz CT molecular complexity index is 1330. The van der Waals surface area contributed by atoms with Gasteiger partial charge in [-0.2, -0.15) is 0 Å². The predicted octanol–water partition coefficient (Wildman–Crippen LogP) is 4.25.